The molecule has 1 aromatic carbocycles. The lowest BCUT2D eigenvalue weighted by Crippen LogP contribution is -2.42. The second-order valence-electron chi connectivity index (χ2n) is 7.23. The normalized spacial score (nSPS) is 23.9. The van der Waals surface area contributed by atoms with E-state index < -0.39 is 9.84 Å². The molecule has 1 aliphatic heterocycles. The maximum atomic E-state index is 12.4. The van der Waals surface area contributed by atoms with Crippen LogP contribution < -0.4 is 5.32 Å². The van der Waals surface area contributed by atoms with Gasteiger partial charge in [-0.05, 0) is 30.2 Å². The van der Waals surface area contributed by atoms with Crippen molar-refractivity contribution in [2.45, 2.75) is 25.3 Å². The fourth-order valence-electron chi connectivity index (χ4n) is 3.58. The highest BCUT2D eigenvalue weighted by molar-refractivity contribution is 7.90. The van der Waals surface area contributed by atoms with E-state index >= 15 is 0 Å². The summed E-state index contributed by atoms with van der Waals surface area (Å²) >= 11 is 0. The van der Waals surface area contributed by atoms with E-state index in [2.05, 4.69) is 10.2 Å². The van der Waals surface area contributed by atoms with Crippen LogP contribution in [0.25, 0.3) is 0 Å². The average Bonchev–Trinajstić information content (AvgIpc) is 3.28. The molecule has 1 aromatic rings. The Morgan fingerprint density at radius 1 is 1.20 bits per heavy atom. The summed E-state index contributed by atoms with van der Waals surface area (Å²) in [4.78, 5) is 14.5. The van der Waals surface area contributed by atoms with Gasteiger partial charge in [-0.15, -0.1) is 12.4 Å². The molecule has 140 valence electrons. The fraction of sp³-hybridized carbons (Fsp3) is 0.611. The Bertz CT molecular complexity index is 677. The van der Waals surface area contributed by atoms with Crippen LogP contribution in [0.2, 0.25) is 0 Å². The fourth-order valence-corrected chi connectivity index (χ4v) is 4.17. The standard InChI is InChI=1S/C18H26N2O3S.ClH/c1-24(22,23)10-9-20-12-16(15-7-8-15)17(13-20)19-18(21)11-14-5-3-2-4-6-14;/h2-6,15-17H,7-13H2,1H3,(H,19,21);1H/t16-,17+;/m1./s1. The molecule has 2 aliphatic rings. The van der Waals surface area contributed by atoms with Crippen molar-refractivity contribution < 1.29 is 13.2 Å². The van der Waals surface area contributed by atoms with Crippen LogP contribution in [0.4, 0.5) is 0 Å². The van der Waals surface area contributed by atoms with E-state index in [0.717, 1.165) is 18.7 Å². The molecule has 0 bridgehead atoms. The molecule has 2 atom stereocenters. The Labute approximate surface area is 156 Å². The van der Waals surface area contributed by atoms with Crippen LogP contribution in [0.3, 0.4) is 0 Å². The summed E-state index contributed by atoms with van der Waals surface area (Å²) in [5, 5.41) is 3.20. The van der Waals surface area contributed by atoms with E-state index in [4.69, 9.17) is 0 Å². The second-order valence-corrected chi connectivity index (χ2v) is 9.49. The summed E-state index contributed by atoms with van der Waals surface area (Å²) in [5.74, 6) is 1.40. The molecule has 0 radical (unpaired) electrons. The van der Waals surface area contributed by atoms with Gasteiger partial charge in [0.2, 0.25) is 5.91 Å². The van der Waals surface area contributed by atoms with Crippen LogP contribution >= 0.6 is 12.4 Å². The molecular formula is C18H27ClN2O3S. The number of nitrogens with zero attached hydrogens (tertiary/aromatic N) is 1. The third kappa shape index (κ3) is 6.28. The summed E-state index contributed by atoms with van der Waals surface area (Å²) in [6, 6.07) is 9.90. The van der Waals surface area contributed by atoms with E-state index in [-0.39, 0.29) is 30.1 Å². The summed E-state index contributed by atoms with van der Waals surface area (Å²) in [6.07, 6.45) is 4.14. The zero-order valence-corrected chi connectivity index (χ0v) is 16.2. The molecule has 1 saturated heterocycles. The number of hydrogen-bond acceptors (Lipinski definition) is 4. The van der Waals surface area contributed by atoms with Crippen LogP contribution in [0, 0.1) is 11.8 Å². The number of rotatable bonds is 7. The topological polar surface area (TPSA) is 66.5 Å². The van der Waals surface area contributed by atoms with Crippen LogP contribution in [0.1, 0.15) is 18.4 Å². The molecule has 7 heteroatoms. The van der Waals surface area contributed by atoms with E-state index in [1.54, 1.807) is 0 Å². The number of sulfone groups is 1. The molecule has 0 spiro atoms. The highest BCUT2D eigenvalue weighted by Crippen LogP contribution is 2.41. The Kier molecular flexibility index (Phi) is 6.88. The molecule has 2 fully saturated rings. The zero-order chi connectivity index (χ0) is 17.2. The third-order valence-electron chi connectivity index (χ3n) is 5.00. The van der Waals surface area contributed by atoms with Gasteiger partial charge in [0.1, 0.15) is 9.84 Å². The molecule has 0 aromatic heterocycles. The van der Waals surface area contributed by atoms with Gasteiger partial charge in [-0.2, -0.15) is 0 Å². The maximum absolute atomic E-state index is 12.4. The largest absolute Gasteiger partial charge is 0.351 e. The molecule has 3 rings (SSSR count). The van der Waals surface area contributed by atoms with Gasteiger partial charge >= 0.3 is 0 Å². The first-order valence-corrected chi connectivity index (χ1v) is 10.7. The number of carbonyl (C=O) groups is 1. The molecular weight excluding hydrogens is 360 g/mol. The number of hydrogen-bond donors (Lipinski definition) is 1. The Morgan fingerprint density at radius 3 is 2.48 bits per heavy atom. The SMILES string of the molecule is CS(=O)(=O)CCN1C[C@H](NC(=O)Cc2ccccc2)[C@@H](C2CC2)C1.Cl. The minimum Gasteiger partial charge on any atom is -0.351 e. The monoisotopic (exact) mass is 386 g/mol. The van der Waals surface area contributed by atoms with E-state index in [1.807, 2.05) is 30.3 Å². The second kappa shape index (κ2) is 8.52. The summed E-state index contributed by atoms with van der Waals surface area (Å²) < 4.78 is 22.8. The minimum atomic E-state index is -2.94. The molecule has 1 aliphatic carbocycles. The molecule has 5 nitrogen and oxygen atoms in total. The maximum Gasteiger partial charge on any atom is 0.224 e. The number of amides is 1. The lowest BCUT2D eigenvalue weighted by Gasteiger charge is -2.19. The number of nitrogens with one attached hydrogen (secondary N) is 1. The van der Waals surface area contributed by atoms with E-state index in [1.165, 1.54) is 19.1 Å². The molecule has 25 heavy (non-hydrogen) atoms. The van der Waals surface area contributed by atoms with Crippen molar-refractivity contribution in [3.8, 4) is 0 Å². The highest BCUT2D eigenvalue weighted by Gasteiger charge is 2.42. The van der Waals surface area contributed by atoms with Gasteiger partial charge < -0.3 is 5.32 Å². The van der Waals surface area contributed by atoms with Crippen LogP contribution in [0.5, 0.6) is 0 Å². The Balaban J connectivity index is 0.00000225. The van der Waals surface area contributed by atoms with Crippen molar-refractivity contribution in [3.05, 3.63) is 35.9 Å². The first kappa shape index (κ1) is 20.2. The predicted octanol–water partition coefficient (Wildman–Crippen LogP) is 1.52. The summed E-state index contributed by atoms with van der Waals surface area (Å²) in [5.41, 5.74) is 1.02. The summed E-state index contributed by atoms with van der Waals surface area (Å²) in [6.45, 7) is 2.22. The van der Waals surface area contributed by atoms with Gasteiger partial charge in [0.05, 0.1) is 12.2 Å². The van der Waals surface area contributed by atoms with Gasteiger partial charge in [0.25, 0.3) is 0 Å². The molecule has 1 amide bonds. The average molecular weight is 387 g/mol. The number of halogens is 1. The first-order valence-electron chi connectivity index (χ1n) is 8.64. The van der Waals surface area contributed by atoms with Crippen LogP contribution in [-0.4, -0.2) is 56.9 Å². The van der Waals surface area contributed by atoms with Crippen LogP contribution in [0.15, 0.2) is 30.3 Å². The van der Waals surface area contributed by atoms with Crippen molar-refractivity contribution in [2.24, 2.45) is 11.8 Å². The predicted molar refractivity (Wildman–Crippen MR) is 102 cm³/mol. The zero-order valence-electron chi connectivity index (χ0n) is 14.6. The van der Waals surface area contributed by atoms with Gasteiger partial charge in [0.15, 0.2) is 0 Å². The summed E-state index contributed by atoms with van der Waals surface area (Å²) in [7, 11) is -2.94. The van der Waals surface area contributed by atoms with Gasteiger partial charge in [0, 0.05) is 31.9 Å². The van der Waals surface area contributed by atoms with Crippen molar-refractivity contribution >= 4 is 28.2 Å². The van der Waals surface area contributed by atoms with Crippen LogP contribution in [-0.2, 0) is 21.1 Å². The van der Waals surface area contributed by atoms with E-state index in [0.29, 0.717) is 24.8 Å². The van der Waals surface area contributed by atoms with Gasteiger partial charge in [-0.25, -0.2) is 8.42 Å². The smallest absolute Gasteiger partial charge is 0.224 e. The lowest BCUT2D eigenvalue weighted by molar-refractivity contribution is -0.121. The van der Waals surface area contributed by atoms with Crippen molar-refractivity contribution in [3.63, 3.8) is 0 Å². The lowest BCUT2D eigenvalue weighted by atomic mass is 9.98. The number of benzene rings is 1. The van der Waals surface area contributed by atoms with Gasteiger partial charge in [-0.3, -0.25) is 9.69 Å². The minimum absolute atomic E-state index is 0. The van der Waals surface area contributed by atoms with Crippen molar-refractivity contribution in [1.82, 2.24) is 10.2 Å². The Hall–Kier alpha value is -1.11. The quantitative estimate of drug-likeness (QED) is 0.771. The van der Waals surface area contributed by atoms with Crippen molar-refractivity contribution in [2.75, 3.05) is 31.6 Å². The molecule has 1 N–H and O–H groups in total. The highest BCUT2D eigenvalue weighted by atomic mass is 35.5. The Morgan fingerprint density at radius 2 is 1.88 bits per heavy atom. The van der Waals surface area contributed by atoms with Crippen molar-refractivity contribution in [1.29, 1.82) is 0 Å². The molecule has 1 saturated carbocycles. The molecule has 0 unspecified atom stereocenters. The third-order valence-corrected chi connectivity index (χ3v) is 5.92. The first-order chi connectivity index (χ1) is 11.4. The van der Waals surface area contributed by atoms with E-state index in [9.17, 15) is 13.2 Å². The van der Waals surface area contributed by atoms with Gasteiger partial charge in [-0.1, -0.05) is 30.3 Å². The number of carbonyl (C=O) groups excluding carboxylic acids is 1. The number of likely N-dealkylation sites (tertiary alicyclic amines) is 1. The molecule has 1 heterocycles.